The molecule has 25 heteroatoms. The van der Waals surface area contributed by atoms with Crippen LogP contribution in [0.1, 0.15) is 41.4 Å². The van der Waals surface area contributed by atoms with Crippen LogP contribution in [0, 0.1) is 21.4 Å². The standard InChI is InChI=1S/C31H36I6N6O13/c1-38-6-15(52)43(2,31(56)19-21(33)16(28(53)39-3-11(48)7-44)22(34)26(23(19)35)42-14(51)10-47)27-24(36)17(29(54)40-4-12(49)8-45)20(32)18(25(27)37)30(55)41-5-13(50)9-46/h11-13,38,44-50H,3-10H2,1-2H3,(H3-,39,40,41,42,51,53,54,55)/p+1. The predicted octanol–water partition coefficient (Wildman–Crippen LogP) is -0.982. The SMILES string of the molecule is CNCC(=O)[N+](C)(C(=O)c1c(I)c(NC(=O)CO)c(I)c(C(=O)NCC(O)CO)c1I)c1c(I)c(C(=O)NCC(O)CO)c(I)c(C(=O)NCC(O)CO)c1I. The number of nitrogens with zero attached hydrogens (tertiary/aromatic N) is 1. The van der Waals surface area contributed by atoms with Crippen molar-refractivity contribution < 1.29 is 64.5 Å². The van der Waals surface area contributed by atoms with E-state index in [0.717, 1.165) is 0 Å². The third-order valence-electron chi connectivity index (χ3n) is 7.72. The smallest absolute Gasteiger partial charge is 0.360 e. The predicted molar refractivity (Wildman–Crippen MR) is 252 cm³/mol. The highest BCUT2D eigenvalue weighted by atomic mass is 127. The zero-order valence-electron chi connectivity index (χ0n) is 29.2. The summed E-state index contributed by atoms with van der Waals surface area (Å²) in [5, 5.41) is 80.0. The fraction of sp³-hybridized carbons (Fsp3) is 0.419. The van der Waals surface area contributed by atoms with Crippen molar-refractivity contribution in [2.75, 3.05) is 72.0 Å². The van der Waals surface area contributed by atoms with Gasteiger partial charge in [0.2, 0.25) is 5.91 Å². The van der Waals surface area contributed by atoms with Crippen LogP contribution in [-0.4, -0.2) is 156 Å². The molecule has 0 fully saturated rings. The molecule has 4 atom stereocenters. The fourth-order valence-electron chi connectivity index (χ4n) is 4.74. The van der Waals surface area contributed by atoms with Crippen LogP contribution < -0.4 is 31.1 Å². The number of carbonyl (C=O) groups is 6. The summed E-state index contributed by atoms with van der Waals surface area (Å²) in [5.74, 6) is -5.27. The average Bonchev–Trinajstić information content (AvgIpc) is 3.15. The number of imide groups is 1. The Balaban J connectivity index is 3.22. The second-order valence-corrected chi connectivity index (χ2v) is 18.2. The Morgan fingerprint density at radius 2 is 0.946 bits per heavy atom. The van der Waals surface area contributed by atoms with Crippen molar-refractivity contribution in [2.45, 2.75) is 18.3 Å². The number of nitrogens with one attached hydrogen (secondary N) is 5. The number of quaternary nitrogens is 1. The van der Waals surface area contributed by atoms with Crippen molar-refractivity contribution in [3.63, 3.8) is 0 Å². The van der Waals surface area contributed by atoms with E-state index in [4.69, 9.17) is 0 Å². The molecule has 0 aliphatic heterocycles. The van der Waals surface area contributed by atoms with Gasteiger partial charge in [-0.05, 0) is 143 Å². The van der Waals surface area contributed by atoms with Crippen molar-refractivity contribution in [1.82, 2.24) is 25.8 Å². The third kappa shape index (κ3) is 11.9. The Morgan fingerprint density at radius 1 is 0.589 bits per heavy atom. The van der Waals surface area contributed by atoms with E-state index >= 15 is 4.79 Å². The maximum absolute atomic E-state index is 15.4. The minimum absolute atomic E-state index is 0.0107. The molecular weight excluding hydrogens is 1430 g/mol. The van der Waals surface area contributed by atoms with Crippen LogP contribution in [0.15, 0.2) is 0 Å². The molecule has 0 saturated heterocycles. The van der Waals surface area contributed by atoms with E-state index in [0.29, 0.717) is 0 Å². The maximum atomic E-state index is 15.4. The summed E-state index contributed by atoms with van der Waals surface area (Å²) in [6.45, 7) is -4.72. The summed E-state index contributed by atoms with van der Waals surface area (Å²) in [6, 6.07) is 0. The van der Waals surface area contributed by atoms with Gasteiger partial charge in [-0.15, -0.1) is 0 Å². The van der Waals surface area contributed by atoms with Crippen molar-refractivity contribution in [2.24, 2.45) is 0 Å². The Kier molecular flexibility index (Phi) is 21.9. The molecule has 0 bridgehead atoms. The molecule has 56 heavy (non-hydrogen) atoms. The zero-order valence-corrected chi connectivity index (χ0v) is 42.1. The molecule has 2 rings (SSSR count). The summed E-state index contributed by atoms with van der Waals surface area (Å²) in [4.78, 5) is 83.8. The highest BCUT2D eigenvalue weighted by Gasteiger charge is 2.50. The lowest BCUT2D eigenvalue weighted by atomic mass is 10.0. The molecule has 0 spiro atoms. The van der Waals surface area contributed by atoms with Gasteiger partial charge in [0.25, 0.3) is 17.7 Å². The second kappa shape index (κ2) is 23.6. The number of aliphatic hydroxyl groups is 7. The fourth-order valence-corrected chi connectivity index (χ4v) is 14.2. The maximum Gasteiger partial charge on any atom is 0.360 e. The van der Waals surface area contributed by atoms with Gasteiger partial charge in [0.15, 0.2) is 5.69 Å². The van der Waals surface area contributed by atoms with E-state index in [-0.39, 0.29) is 55.0 Å². The van der Waals surface area contributed by atoms with Crippen molar-refractivity contribution >= 4 is 182 Å². The van der Waals surface area contributed by atoms with Crippen LogP contribution in [0.4, 0.5) is 11.4 Å². The Hall–Kier alpha value is -0.320. The molecule has 0 heterocycles. The molecule has 0 radical (unpaired) electrons. The monoisotopic (exact) mass is 1460 g/mol. The molecule has 19 nitrogen and oxygen atoms in total. The first-order chi connectivity index (χ1) is 26.2. The van der Waals surface area contributed by atoms with Gasteiger partial charge in [-0.25, -0.2) is 9.59 Å². The van der Waals surface area contributed by atoms with E-state index in [1.807, 2.05) is 0 Å². The first kappa shape index (κ1) is 51.8. The number of likely N-dealkylation sites (N-methyl/N-ethyl adjacent to an activating group) is 2. The summed E-state index contributed by atoms with van der Waals surface area (Å²) in [7, 11) is 2.66. The first-order valence-electron chi connectivity index (χ1n) is 15.8. The lowest BCUT2D eigenvalue weighted by molar-refractivity contribution is -0.126. The molecule has 0 aliphatic carbocycles. The summed E-state index contributed by atoms with van der Waals surface area (Å²) < 4.78 is -1.07. The van der Waals surface area contributed by atoms with Gasteiger partial charge in [0, 0.05) is 26.8 Å². The van der Waals surface area contributed by atoms with Crippen LogP contribution in [-0.2, 0) is 9.59 Å². The highest BCUT2D eigenvalue weighted by molar-refractivity contribution is 14.1. The molecule has 4 unspecified atom stereocenters. The summed E-state index contributed by atoms with van der Waals surface area (Å²) in [6.07, 6.45) is -4.05. The summed E-state index contributed by atoms with van der Waals surface area (Å²) in [5.41, 5.74) is -1.07. The largest absolute Gasteiger partial charge is 0.394 e. The lowest BCUT2D eigenvalue weighted by Crippen LogP contribution is -2.59. The topological polar surface area (TPSA) is 304 Å². The molecule has 2 aromatic rings. The quantitative estimate of drug-likeness (QED) is 0.0632. The van der Waals surface area contributed by atoms with E-state index < -0.39 is 111 Å². The van der Waals surface area contributed by atoms with Gasteiger partial charge in [-0.1, -0.05) is 0 Å². The minimum Gasteiger partial charge on any atom is -0.394 e. The normalized spacial score (nSPS) is 13.9. The van der Waals surface area contributed by atoms with Gasteiger partial charge in [-0.3, -0.25) is 19.2 Å². The van der Waals surface area contributed by atoms with Crippen molar-refractivity contribution in [1.29, 1.82) is 0 Å². The number of rotatable bonds is 18. The Morgan fingerprint density at radius 3 is 1.30 bits per heavy atom. The molecular formula is C31H37I6N6O13+. The number of hydrogen-bond donors (Lipinski definition) is 12. The Bertz CT molecular complexity index is 1820. The van der Waals surface area contributed by atoms with Gasteiger partial charge in [0.05, 0.1) is 81.8 Å². The lowest BCUT2D eigenvalue weighted by Gasteiger charge is -2.33. The second-order valence-electron chi connectivity index (χ2n) is 11.7. The molecule has 2 aromatic carbocycles. The number of hydrogen-bond acceptors (Lipinski definition) is 14. The highest BCUT2D eigenvalue weighted by Crippen LogP contribution is 2.44. The number of carbonyl (C=O) groups excluding carboxylic acids is 6. The molecule has 0 aromatic heterocycles. The number of aliphatic hydroxyl groups excluding tert-OH is 7. The van der Waals surface area contributed by atoms with E-state index in [1.165, 1.54) is 14.1 Å². The van der Waals surface area contributed by atoms with E-state index in [9.17, 15) is 59.7 Å². The van der Waals surface area contributed by atoms with Gasteiger partial charge < -0.3 is 62.3 Å². The number of anilines is 1. The number of amides is 6. The van der Waals surface area contributed by atoms with E-state index in [1.54, 1.807) is 136 Å². The van der Waals surface area contributed by atoms with Crippen LogP contribution in [0.5, 0.6) is 0 Å². The third-order valence-corrected chi connectivity index (χ3v) is 14.1. The number of benzene rings is 2. The first-order valence-corrected chi connectivity index (χ1v) is 22.3. The van der Waals surface area contributed by atoms with Crippen molar-refractivity contribution in [3.8, 4) is 0 Å². The van der Waals surface area contributed by atoms with Crippen LogP contribution >= 0.6 is 136 Å². The van der Waals surface area contributed by atoms with Gasteiger partial charge in [-0.2, -0.15) is 4.48 Å². The average molecular weight is 1460 g/mol. The molecule has 6 amide bonds. The Labute approximate surface area is 401 Å². The van der Waals surface area contributed by atoms with Gasteiger partial charge in [0.1, 0.15) is 18.7 Å². The molecule has 12 N–H and O–H groups in total. The molecule has 0 aliphatic rings. The van der Waals surface area contributed by atoms with Crippen LogP contribution in [0.3, 0.4) is 0 Å². The van der Waals surface area contributed by atoms with Crippen LogP contribution in [0.2, 0.25) is 0 Å². The van der Waals surface area contributed by atoms with Crippen LogP contribution in [0.25, 0.3) is 0 Å². The molecule has 310 valence electrons. The summed E-state index contributed by atoms with van der Waals surface area (Å²) >= 11 is 10.5. The minimum atomic E-state index is -1.36. The van der Waals surface area contributed by atoms with E-state index in [2.05, 4.69) is 26.6 Å². The zero-order chi connectivity index (χ0) is 42.8. The van der Waals surface area contributed by atoms with Gasteiger partial charge >= 0.3 is 11.8 Å². The number of halogens is 6. The molecule has 0 saturated carbocycles. The van der Waals surface area contributed by atoms with Crippen molar-refractivity contribution in [3.05, 3.63) is 43.7 Å².